The number of carbonyl (C=O) groups is 1. The van der Waals surface area contributed by atoms with Crippen molar-refractivity contribution in [3.05, 3.63) is 22.9 Å². The average molecular weight is 330 g/mol. The van der Waals surface area contributed by atoms with Crippen molar-refractivity contribution in [2.24, 2.45) is 5.92 Å². The number of nitrogens with zero attached hydrogens (tertiary/aromatic N) is 3. The monoisotopic (exact) mass is 330 g/mol. The first-order chi connectivity index (χ1) is 10.6. The number of hydrogen-bond donors (Lipinski definition) is 1. The second kappa shape index (κ2) is 7.48. The van der Waals surface area contributed by atoms with Gasteiger partial charge < -0.3 is 5.32 Å². The molecule has 2 atom stereocenters. The molecule has 0 saturated heterocycles. The minimum absolute atomic E-state index is 0.0114. The van der Waals surface area contributed by atoms with Crippen molar-refractivity contribution in [2.45, 2.75) is 57.4 Å². The fourth-order valence-corrected chi connectivity index (χ4v) is 2.93. The molecule has 1 heterocycles. The summed E-state index contributed by atoms with van der Waals surface area (Å²) < 4.78 is 0. The van der Waals surface area contributed by atoms with Gasteiger partial charge in [0.15, 0.2) is 0 Å². The van der Waals surface area contributed by atoms with Gasteiger partial charge in [-0.2, -0.15) is 10.5 Å². The third kappa shape index (κ3) is 4.46. The van der Waals surface area contributed by atoms with Gasteiger partial charge in [0, 0.05) is 5.69 Å². The minimum atomic E-state index is -0.917. The van der Waals surface area contributed by atoms with Gasteiger partial charge in [-0.1, -0.05) is 25.6 Å². The van der Waals surface area contributed by atoms with Crippen molar-refractivity contribution in [3.8, 4) is 12.1 Å². The average Bonchev–Trinajstić information content (AvgIpc) is 2.46. The van der Waals surface area contributed by atoms with Gasteiger partial charge >= 0.3 is 0 Å². The number of nitrogens with one attached hydrogen (secondary N) is 1. The summed E-state index contributed by atoms with van der Waals surface area (Å²) >= 11 is 1.24. The molecule has 6 heteroatoms. The minimum Gasteiger partial charge on any atom is -0.337 e. The normalized spacial score (nSPS) is 14.5. The van der Waals surface area contributed by atoms with Crippen molar-refractivity contribution in [1.82, 2.24) is 10.3 Å². The lowest BCUT2D eigenvalue weighted by Gasteiger charge is -2.28. The zero-order chi connectivity index (χ0) is 17.8. The highest BCUT2D eigenvalue weighted by Crippen LogP contribution is 2.28. The fourth-order valence-electron chi connectivity index (χ4n) is 1.90. The molecule has 0 spiro atoms. The molecule has 23 heavy (non-hydrogen) atoms. The Bertz CT molecular complexity index is 687. The molecule has 0 aliphatic rings. The van der Waals surface area contributed by atoms with Crippen LogP contribution >= 0.6 is 11.8 Å². The van der Waals surface area contributed by atoms with E-state index in [1.165, 1.54) is 11.8 Å². The predicted octanol–water partition coefficient (Wildman–Crippen LogP) is 3.11. The quantitative estimate of drug-likeness (QED) is 0.838. The number of aryl methyl sites for hydroxylation is 2. The molecule has 5 nitrogen and oxygen atoms in total. The molecular weight excluding hydrogens is 308 g/mol. The van der Waals surface area contributed by atoms with Crippen LogP contribution in [0.25, 0.3) is 0 Å². The Morgan fingerprint density at radius 2 is 1.96 bits per heavy atom. The standard InChI is InChI=1S/C17H22N4OS/c1-10(2)17(6,9-19)21-15(22)13(5)23-16-14(8-18)11(3)7-12(4)20-16/h7,10,13H,1-6H3,(H,21,22). The maximum Gasteiger partial charge on any atom is 0.234 e. The van der Waals surface area contributed by atoms with E-state index in [0.29, 0.717) is 10.6 Å². The molecule has 0 bridgehead atoms. The Morgan fingerprint density at radius 3 is 2.43 bits per heavy atom. The first kappa shape index (κ1) is 19.0. The molecule has 1 aromatic rings. The van der Waals surface area contributed by atoms with Gasteiger partial charge in [-0.15, -0.1) is 0 Å². The van der Waals surface area contributed by atoms with Crippen molar-refractivity contribution >= 4 is 17.7 Å². The Morgan fingerprint density at radius 1 is 1.35 bits per heavy atom. The van der Waals surface area contributed by atoms with Crippen LogP contribution in [0.2, 0.25) is 0 Å². The van der Waals surface area contributed by atoms with Gasteiger partial charge in [0.1, 0.15) is 16.6 Å². The largest absolute Gasteiger partial charge is 0.337 e. The van der Waals surface area contributed by atoms with Gasteiger partial charge in [-0.05, 0) is 45.2 Å². The zero-order valence-corrected chi connectivity index (χ0v) is 15.2. The lowest BCUT2D eigenvalue weighted by Crippen LogP contribution is -2.51. The molecule has 2 unspecified atom stereocenters. The summed E-state index contributed by atoms with van der Waals surface area (Å²) in [7, 11) is 0. The van der Waals surface area contributed by atoms with Crippen LogP contribution in [-0.4, -0.2) is 21.7 Å². The number of aromatic nitrogens is 1. The summed E-state index contributed by atoms with van der Waals surface area (Å²) in [6, 6.07) is 6.15. The Balaban J connectivity index is 2.97. The van der Waals surface area contributed by atoms with E-state index in [0.717, 1.165) is 11.3 Å². The topological polar surface area (TPSA) is 89.6 Å². The molecule has 0 fully saturated rings. The summed E-state index contributed by atoms with van der Waals surface area (Å²) in [6.45, 7) is 10.9. The summed E-state index contributed by atoms with van der Waals surface area (Å²) in [5.41, 5.74) is 1.23. The smallest absolute Gasteiger partial charge is 0.234 e. The number of rotatable bonds is 5. The molecule has 0 aliphatic carbocycles. The number of thioether (sulfide) groups is 1. The van der Waals surface area contributed by atoms with Crippen LogP contribution in [0.5, 0.6) is 0 Å². The van der Waals surface area contributed by atoms with Crippen molar-refractivity contribution < 1.29 is 4.79 Å². The zero-order valence-electron chi connectivity index (χ0n) is 14.4. The maximum absolute atomic E-state index is 12.4. The molecular formula is C17H22N4OS. The van der Waals surface area contributed by atoms with Crippen LogP contribution in [-0.2, 0) is 4.79 Å². The first-order valence-corrected chi connectivity index (χ1v) is 8.30. The third-order valence-electron chi connectivity index (χ3n) is 3.85. The van der Waals surface area contributed by atoms with E-state index >= 15 is 0 Å². The highest BCUT2D eigenvalue weighted by molar-refractivity contribution is 8.00. The van der Waals surface area contributed by atoms with Crippen LogP contribution in [0.1, 0.15) is 44.5 Å². The molecule has 1 rings (SSSR count). The lowest BCUT2D eigenvalue weighted by atomic mass is 9.90. The summed E-state index contributed by atoms with van der Waals surface area (Å²) in [6.07, 6.45) is 0. The van der Waals surface area contributed by atoms with E-state index in [-0.39, 0.29) is 11.8 Å². The van der Waals surface area contributed by atoms with E-state index in [4.69, 9.17) is 0 Å². The van der Waals surface area contributed by atoms with E-state index in [2.05, 4.69) is 22.4 Å². The molecule has 0 aliphatic heterocycles. The van der Waals surface area contributed by atoms with Crippen molar-refractivity contribution in [2.75, 3.05) is 0 Å². The number of hydrogen-bond acceptors (Lipinski definition) is 5. The van der Waals surface area contributed by atoms with Gasteiger partial charge in [0.2, 0.25) is 5.91 Å². The van der Waals surface area contributed by atoms with E-state index in [1.54, 1.807) is 13.8 Å². The highest BCUT2D eigenvalue weighted by Gasteiger charge is 2.32. The van der Waals surface area contributed by atoms with E-state index in [9.17, 15) is 15.3 Å². The molecule has 1 aromatic heterocycles. The van der Waals surface area contributed by atoms with Crippen LogP contribution in [0.4, 0.5) is 0 Å². The molecule has 0 aromatic carbocycles. The Hall–Kier alpha value is -2.05. The fraction of sp³-hybridized carbons (Fsp3) is 0.529. The first-order valence-electron chi connectivity index (χ1n) is 7.43. The molecule has 0 radical (unpaired) electrons. The Kier molecular flexibility index (Phi) is 6.18. The summed E-state index contributed by atoms with van der Waals surface area (Å²) in [4.78, 5) is 16.8. The van der Waals surface area contributed by atoms with Crippen LogP contribution in [0.15, 0.2) is 11.1 Å². The van der Waals surface area contributed by atoms with Crippen LogP contribution < -0.4 is 5.32 Å². The summed E-state index contributed by atoms with van der Waals surface area (Å²) in [5.74, 6) is -0.250. The lowest BCUT2D eigenvalue weighted by molar-refractivity contribution is -0.121. The molecule has 1 N–H and O–H groups in total. The second-order valence-corrected chi connectivity index (χ2v) is 7.42. The SMILES string of the molecule is Cc1cc(C)c(C#N)c(SC(C)C(=O)NC(C)(C#N)C(C)C)n1. The summed E-state index contributed by atoms with van der Waals surface area (Å²) in [5, 5.41) is 21.5. The molecule has 122 valence electrons. The maximum atomic E-state index is 12.4. The van der Waals surface area contributed by atoms with E-state index in [1.807, 2.05) is 33.8 Å². The number of carbonyl (C=O) groups excluding carboxylic acids is 1. The number of amides is 1. The third-order valence-corrected chi connectivity index (χ3v) is 4.94. The van der Waals surface area contributed by atoms with Crippen molar-refractivity contribution in [1.29, 1.82) is 10.5 Å². The van der Waals surface area contributed by atoms with Crippen LogP contribution in [0, 0.1) is 42.4 Å². The number of pyridine rings is 1. The molecule has 1 amide bonds. The second-order valence-electron chi connectivity index (χ2n) is 6.09. The Labute approximate surface area is 142 Å². The van der Waals surface area contributed by atoms with Crippen LogP contribution in [0.3, 0.4) is 0 Å². The van der Waals surface area contributed by atoms with Gasteiger partial charge in [-0.25, -0.2) is 4.98 Å². The number of nitriles is 2. The van der Waals surface area contributed by atoms with Crippen molar-refractivity contribution in [3.63, 3.8) is 0 Å². The van der Waals surface area contributed by atoms with Gasteiger partial charge in [0.05, 0.1) is 16.9 Å². The predicted molar refractivity (Wildman–Crippen MR) is 90.7 cm³/mol. The highest BCUT2D eigenvalue weighted by atomic mass is 32.2. The van der Waals surface area contributed by atoms with Gasteiger partial charge in [0.25, 0.3) is 0 Å². The molecule has 0 saturated carbocycles. The van der Waals surface area contributed by atoms with Gasteiger partial charge in [-0.3, -0.25) is 4.79 Å². The van der Waals surface area contributed by atoms with E-state index < -0.39 is 10.8 Å².